The van der Waals surface area contributed by atoms with Crippen molar-refractivity contribution >= 4 is 11.8 Å². The minimum absolute atomic E-state index is 0.0335. The minimum atomic E-state index is -0.612. The second kappa shape index (κ2) is 10.6. The van der Waals surface area contributed by atoms with Crippen LogP contribution in [0.3, 0.4) is 0 Å². The van der Waals surface area contributed by atoms with Crippen LogP contribution in [0, 0.1) is 12.8 Å². The highest BCUT2D eigenvalue weighted by atomic mass is 16.2. The first-order valence-corrected chi connectivity index (χ1v) is 10.7. The number of nitrogens with one attached hydrogen (secondary N) is 2. The fraction of sp³-hybridized carbons (Fsp3) is 0.259. The Morgan fingerprint density at radius 3 is 1.81 bits per heavy atom. The van der Waals surface area contributed by atoms with Crippen molar-refractivity contribution in [3.05, 3.63) is 107 Å². The van der Waals surface area contributed by atoms with E-state index >= 15 is 0 Å². The molecule has 4 heteroatoms. The van der Waals surface area contributed by atoms with Gasteiger partial charge in [0, 0.05) is 18.0 Å². The molecule has 1 unspecified atom stereocenters. The fourth-order valence-electron chi connectivity index (χ4n) is 3.69. The number of benzene rings is 3. The molecule has 3 aromatic carbocycles. The summed E-state index contributed by atoms with van der Waals surface area (Å²) in [5.41, 5.74) is 3.75. The van der Waals surface area contributed by atoms with Crippen molar-refractivity contribution in [3.8, 4) is 0 Å². The smallest absolute Gasteiger partial charge is 0.252 e. The van der Waals surface area contributed by atoms with Crippen molar-refractivity contribution in [2.24, 2.45) is 5.92 Å². The summed E-state index contributed by atoms with van der Waals surface area (Å²) >= 11 is 0. The maximum atomic E-state index is 13.1. The van der Waals surface area contributed by atoms with E-state index in [1.165, 1.54) is 0 Å². The Labute approximate surface area is 184 Å². The van der Waals surface area contributed by atoms with Gasteiger partial charge in [-0.3, -0.25) is 9.59 Å². The molecule has 31 heavy (non-hydrogen) atoms. The molecule has 160 valence electrons. The first-order chi connectivity index (χ1) is 15.0. The van der Waals surface area contributed by atoms with E-state index in [0.717, 1.165) is 16.7 Å². The quantitative estimate of drug-likeness (QED) is 0.561. The lowest BCUT2D eigenvalue weighted by atomic mass is 9.91. The molecule has 0 heterocycles. The summed E-state index contributed by atoms with van der Waals surface area (Å²) < 4.78 is 0. The predicted octanol–water partition coefficient (Wildman–Crippen LogP) is 4.70. The highest BCUT2D eigenvalue weighted by Gasteiger charge is 2.26. The Morgan fingerprint density at radius 1 is 0.774 bits per heavy atom. The molecule has 0 saturated carbocycles. The number of carbonyl (C=O) groups is 2. The van der Waals surface area contributed by atoms with Crippen LogP contribution in [0.15, 0.2) is 84.9 Å². The lowest BCUT2D eigenvalue weighted by Gasteiger charge is -2.24. The molecular formula is C27H30N2O2. The second-order valence-electron chi connectivity index (χ2n) is 8.13. The number of aryl methyl sites for hydroxylation is 1. The molecule has 0 aliphatic heterocycles. The third-order valence-corrected chi connectivity index (χ3v) is 5.51. The van der Waals surface area contributed by atoms with Gasteiger partial charge in [0.25, 0.3) is 5.91 Å². The molecule has 4 nitrogen and oxygen atoms in total. The fourth-order valence-corrected chi connectivity index (χ4v) is 3.69. The normalized spacial score (nSPS) is 11.9. The molecule has 3 rings (SSSR count). The van der Waals surface area contributed by atoms with E-state index in [-0.39, 0.29) is 23.7 Å². The lowest BCUT2D eigenvalue weighted by Crippen LogP contribution is -2.50. The molecule has 2 N–H and O–H groups in total. The highest BCUT2D eigenvalue weighted by Crippen LogP contribution is 2.23. The molecule has 0 fully saturated rings. The molecule has 0 aromatic heterocycles. The van der Waals surface area contributed by atoms with E-state index in [4.69, 9.17) is 0 Å². The lowest BCUT2D eigenvalue weighted by molar-refractivity contribution is -0.123. The van der Waals surface area contributed by atoms with Gasteiger partial charge in [-0.05, 0) is 35.6 Å². The zero-order chi connectivity index (χ0) is 22.2. The molecule has 0 spiro atoms. The van der Waals surface area contributed by atoms with Gasteiger partial charge in [-0.15, -0.1) is 0 Å². The first-order valence-electron chi connectivity index (χ1n) is 10.7. The van der Waals surface area contributed by atoms with Gasteiger partial charge < -0.3 is 10.6 Å². The number of hydrogen-bond acceptors (Lipinski definition) is 2. The summed E-state index contributed by atoms with van der Waals surface area (Å²) in [5, 5.41) is 6.00. The Kier molecular flexibility index (Phi) is 7.60. The molecule has 0 aliphatic rings. The topological polar surface area (TPSA) is 58.2 Å². The van der Waals surface area contributed by atoms with Crippen molar-refractivity contribution in [3.63, 3.8) is 0 Å². The standard InChI is InChI=1S/C27H30N2O2/c1-19(2)25(29-26(30)23-17-11-10-12-20(23)3)27(31)28-18-24(21-13-6-4-7-14-21)22-15-8-5-9-16-22/h4-17,19,24-25H,18H2,1-3H3,(H,28,31)(H,29,30). The van der Waals surface area contributed by atoms with Crippen LogP contribution in [0.5, 0.6) is 0 Å². The number of hydrogen-bond donors (Lipinski definition) is 2. The monoisotopic (exact) mass is 414 g/mol. The van der Waals surface area contributed by atoms with E-state index < -0.39 is 6.04 Å². The molecule has 0 bridgehead atoms. The van der Waals surface area contributed by atoms with Gasteiger partial charge in [-0.1, -0.05) is 92.7 Å². The Balaban J connectivity index is 1.73. The number of rotatable bonds is 8. The molecule has 2 amide bonds. The molecular weight excluding hydrogens is 384 g/mol. The zero-order valence-corrected chi connectivity index (χ0v) is 18.3. The van der Waals surface area contributed by atoms with E-state index in [9.17, 15) is 9.59 Å². The van der Waals surface area contributed by atoms with Gasteiger partial charge in [0.2, 0.25) is 5.91 Å². The molecule has 0 saturated heterocycles. The van der Waals surface area contributed by atoms with Crippen LogP contribution in [-0.4, -0.2) is 24.4 Å². The first kappa shape index (κ1) is 22.3. The van der Waals surface area contributed by atoms with Crippen LogP contribution in [-0.2, 0) is 4.79 Å². The van der Waals surface area contributed by atoms with Crippen molar-refractivity contribution in [1.82, 2.24) is 10.6 Å². The summed E-state index contributed by atoms with van der Waals surface area (Å²) in [6, 6.07) is 27.1. The Bertz CT molecular complexity index is 961. The molecule has 1 atom stereocenters. The molecule has 0 radical (unpaired) electrons. The van der Waals surface area contributed by atoms with Gasteiger partial charge in [0.15, 0.2) is 0 Å². The van der Waals surface area contributed by atoms with Gasteiger partial charge in [0.05, 0.1) is 0 Å². The number of carbonyl (C=O) groups excluding carboxylic acids is 2. The van der Waals surface area contributed by atoms with Crippen molar-refractivity contribution in [2.75, 3.05) is 6.54 Å². The summed E-state index contributed by atoms with van der Waals surface area (Å²) in [7, 11) is 0. The van der Waals surface area contributed by atoms with Crippen molar-refractivity contribution in [1.29, 1.82) is 0 Å². The zero-order valence-electron chi connectivity index (χ0n) is 18.3. The summed E-state index contributed by atoms with van der Waals surface area (Å²) in [4.78, 5) is 25.9. The van der Waals surface area contributed by atoms with Gasteiger partial charge in [-0.2, -0.15) is 0 Å². The van der Waals surface area contributed by atoms with Crippen LogP contribution >= 0.6 is 0 Å². The van der Waals surface area contributed by atoms with Crippen LogP contribution in [0.4, 0.5) is 0 Å². The van der Waals surface area contributed by atoms with Gasteiger partial charge in [-0.25, -0.2) is 0 Å². The molecule has 0 aliphatic carbocycles. The predicted molar refractivity (Wildman–Crippen MR) is 125 cm³/mol. The third-order valence-electron chi connectivity index (χ3n) is 5.51. The average Bonchev–Trinajstić information content (AvgIpc) is 2.79. The second-order valence-corrected chi connectivity index (χ2v) is 8.13. The van der Waals surface area contributed by atoms with E-state index in [1.54, 1.807) is 6.07 Å². The van der Waals surface area contributed by atoms with Crippen LogP contribution in [0.25, 0.3) is 0 Å². The van der Waals surface area contributed by atoms with Gasteiger partial charge in [0.1, 0.15) is 6.04 Å². The van der Waals surface area contributed by atoms with Gasteiger partial charge >= 0.3 is 0 Å². The summed E-state index contributed by atoms with van der Waals surface area (Å²) in [5.74, 6) is -0.408. The third kappa shape index (κ3) is 5.82. The largest absolute Gasteiger partial charge is 0.353 e. The maximum Gasteiger partial charge on any atom is 0.252 e. The number of amides is 2. The summed E-state index contributed by atoms with van der Waals surface area (Å²) in [6.07, 6.45) is 0. The minimum Gasteiger partial charge on any atom is -0.353 e. The van der Waals surface area contributed by atoms with Crippen LogP contribution in [0.1, 0.15) is 46.8 Å². The summed E-state index contributed by atoms with van der Waals surface area (Å²) in [6.45, 7) is 6.22. The SMILES string of the molecule is Cc1ccccc1C(=O)NC(C(=O)NCC(c1ccccc1)c1ccccc1)C(C)C. The van der Waals surface area contributed by atoms with Crippen LogP contribution in [0.2, 0.25) is 0 Å². The van der Waals surface area contributed by atoms with E-state index in [2.05, 4.69) is 34.9 Å². The van der Waals surface area contributed by atoms with Crippen molar-refractivity contribution < 1.29 is 9.59 Å². The van der Waals surface area contributed by atoms with Crippen LogP contribution < -0.4 is 10.6 Å². The van der Waals surface area contributed by atoms with E-state index in [1.807, 2.05) is 75.4 Å². The molecule has 3 aromatic rings. The van der Waals surface area contributed by atoms with Crippen molar-refractivity contribution in [2.45, 2.75) is 32.7 Å². The Morgan fingerprint density at radius 2 is 1.29 bits per heavy atom. The van der Waals surface area contributed by atoms with E-state index in [0.29, 0.717) is 12.1 Å². The average molecular weight is 415 g/mol. The Hall–Kier alpha value is -3.40. The highest BCUT2D eigenvalue weighted by molar-refractivity contribution is 5.98. The maximum absolute atomic E-state index is 13.1.